The maximum atomic E-state index is 12.5. The van der Waals surface area contributed by atoms with Crippen molar-refractivity contribution in [2.75, 3.05) is 6.61 Å². The van der Waals surface area contributed by atoms with Crippen molar-refractivity contribution in [3.63, 3.8) is 0 Å². The maximum Gasteiger partial charge on any atom is 0.220 e. The van der Waals surface area contributed by atoms with Crippen LogP contribution in [-0.2, 0) is 4.79 Å². The minimum absolute atomic E-state index is 0.144. The number of aliphatic hydroxyl groups excluding tert-OH is 3. The molecule has 0 spiro atoms. The first kappa shape index (κ1) is 56.1. The molecule has 0 radical (unpaired) electrons. The van der Waals surface area contributed by atoms with Gasteiger partial charge in [-0.1, -0.05) is 257 Å². The van der Waals surface area contributed by atoms with Crippen molar-refractivity contribution in [3.8, 4) is 0 Å². The van der Waals surface area contributed by atoms with Crippen LogP contribution >= 0.6 is 0 Å². The topological polar surface area (TPSA) is 89.8 Å². The van der Waals surface area contributed by atoms with E-state index in [4.69, 9.17) is 0 Å². The van der Waals surface area contributed by atoms with Crippen molar-refractivity contribution in [2.24, 2.45) is 0 Å². The molecule has 57 heavy (non-hydrogen) atoms. The van der Waals surface area contributed by atoms with E-state index in [-0.39, 0.29) is 12.5 Å². The average Bonchev–Trinajstić information content (AvgIpc) is 3.22. The van der Waals surface area contributed by atoms with E-state index in [1.54, 1.807) is 0 Å². The van der Waals surface area contributed by atoms with E-state index < -0.39 is 18.2 Å². The number of amides is 1. The molecule has 0 aliphatic heterocycles. The highest BCUT2D eigenvalue weighted by Crippen LogP contribution is 2.17. The molecule has 0 aliphatic carbocycles. The third-order valence-corrected chi connectivity index (χ3v) is 12.4. The lowest BCUT2D eigenvalue weighted by molar-refractivity contribution is -0.124. The molecule has 0 saturated heterocycles. The molecule has 3 unspecified atom stereocenters. The summed E-state index contributed by atoms with van der Waals surface area (Å²) < 4.78 is 0. The summed E-state index contributed by atoms with van der Waals surface area (Å²) in [5.41, 5.74) is 0. The molecular formula is C52H103NO4. The van der Waals surface area contributed by atoms with Crippen molar-refractivity contribution in [3.05, 3.63) is 12.2 Å². The number of carbonyl (C=O) groups is 1. The summed E-state index contributed by atoms with van der Waals surface area (Å²) in [4.78, 5) is 12.5. The molecule has 0 saturated carbocycles. The molecule has 0 aromatic rings. The third-order valence-electron chi connectivity index (χ3n) is 12.4. The Morgan fingerprint density at radius 3 is 1.02 bits per heavy atom. The SMILES string of the molecule is CCCCCCCCCCCCC/C=C\CCCCCCCCCC(=O)NC(CO)C(O)C(O)CCCCCCCCCCCCCCCCCCCCCCC. The minimum Gasteiger partial charge on any atom is -0.394 e. The fraction of sp³-hybridized carbons (Fsp3) is 0.942. The quantitative estimate of drug-likeness (QED) is 0.0364. The number of unbranched alkanes of at least 4 members (excludes halogenated alkanes) is 38. The van der Waals surface area contributed by atoms with Crippen LogP contribution in [-0.4, -0.2) is 46.1 Å². The van der Waals surface area contributed by atoms with Gasteiger partial charge in [0.05, 0.1) is 18.8 Å². The van der Waals surface area contributed by atoms with Gasteiger partial charge in [-0.05, 0) is 38.5 Å². The first-order valence-corrected chi connectivity index (χ1v) is 26.0. The maximum absolute atomic E-state index is 12.5. The minimum atomic E-state index is -1.14. The van der Waals surface area contributed by atoms with Gasteiger partial charge in [0, 0.05) is 6.42 Å². The highest BCUT2D eigenvalue weighted by molar-refractivity contribution is 5.76. The average molecular weight is 806 g/mol. The lowest BCUT2D eigenvalue weighted by Crippen LogP contribution is -2.50. The standard InChI is InChI=1S/C52H103NO4/c1-3-5-7-9-11-13-15-17-19-21-23-25-27-29-31-33-35-37-39-41-43-45-47-51(56)53-49(48-54)52(57)50(55)46-44-42-40-38-36-34-32-30-28-26-24-22-20-18-16-14-12-10-8-6-4-2/h27,29,49-50,52,54-55,57H,3-26,28,30-48H2,1-2H3,(H,53,56)/b29-27-. The van der Waals surface area contributed by atoms with Gasteiger partial charge >= 0.3 is 0 Å². The zero-order chi connectivity index (χ0) is 41.5. The first-order valence-electron chi connectivity index (χ1n) is 26.0. The van der Waals surface area contributed by atoms with E-state index in [0.29, 0.717) is 12.8 Å². The molecule has 0 heterocycles. The molecule has 5 heteroatoms. The number of hydrogen-bond acceptors (Lipinski definition) is 4. The van der Waals surface area contributed by atoms with Crippen LogP contribution < -0.4 is 5.32 Å². The van der Waals surface area contributed by atoms with Gasteiger partial charge in [-0.25, -0.2) is 0 Å². The molecule has 4 N–H and O–H groups in total. The Kier molecular flexibility index (Phi) is 47.0. The second-order valence-electron chi connectivity index (χ2n) is 18.1. The molecule has 0 rings (SSSR count). The Hall–Kier alpha value is -0.910. The van der Waals surface area contributed by atoms with Gasteiger partial charge < -0.3 is 20.6 Å². The Morgan fingerprint density at radius 1 is 0.421 bits per heavy atom. The highest BCUT2D eigenvalue weighted by Gasteiger charge is 2.26. The molecule has 340 valence electrons. The lowest BCUT2D eigenvalue weighted by Gasteiger charge is -2.26. The van der Waals surface area contributed by atoms with Crippen LogP contribution in [0.3, 0.4) is 0 Å². The summed E-state index contributed by atoms with van der Waals surface area (Å²) >= 11 is 0. The van der Waals surface area contributed by atoms with Gasteiger partial charge in [0.15, 0.2) is 0 Å². The van der Waals surface area contributed by atoms with Crippen LogP contribution in [0.5, 0.6) is 0 Å². The monoisotopic (exact) mass is 806 g/mol. The van der Waals surface area contributed by atoms with Crippen LogP contribution in [0.25, 0.3) is 0 Å². The fourth-order valence-corrected chi connectivity index (χ4v) is 8.34. The largest absolute Gasteiger partial charge is 0.394 e. The Bertz CT molecular complexity index is 803. The van der Waals surface area contributed by atoms with E-state index in [1.165, 1.54) is 231 Å². The second kappa shape index (κ2) is 47.8. The lowest BCUT2D eigenvalue weighted by atomic mass is 9.99. The van der Waals surface area contributed by atoms with E-state index >= 15 is 0 Å². The van der Waals surface area contributed by atoms with E-state index in [0.717, 1.165) is 32.1 Å². The summed E-state index contributed by atoms with van der Waals surface area (Å²) in [6.45, 7) is 4.21. The zero-order valence-corrected chi connectivity index (χ0v) is 38.7. The number of nitrogens with one attached hydrogen (secondary N) is 1. The van der Waals surface area contributed by atoms with E-state index in [2.05, 4.69) is 31.3 Å². The van der Waals surface area contributed by atoms with Crippen molar-refractivity contribution in [1.82, 2.24) is 5.32 Å². The molecule has 0 bridgehead atoms. The summed E-state index contributed by atoms with van der Waals surface area (Å²) in [5.74, 6) is -0.144. The number of aliphatic hydroxyl groups is 3. The van der Waals surface area contributed by atoms with Gasteiger partial charge in [0.2, 0.25) is 5.91 Å². The van der Waals surface area contributed by atoms with Crippen LogP contribution in [0.15, 0.2) is 12.2 Å². The summed E-state index contributed by atoms with van der Waals surface area (Å²) in [7, 11) is 0. The fourth-order valence-electron chi connectivity index (χ4n) is 8.34. The van der Waals surface area contributed by atoms with E-state index in [9.17, 15) is 20.1 Å². The van der Waals surface area contributed by atoms with Crippen LogP contribution in [0.4, 0.5) is 0 Å². The van der Waals surface area contributed by atoms with Crippen molar-refractivity contribution in [2.45, 2.75) is 308 Å². The predicted molar refractivity (Wildman–Crippen MR) is 250 cm³/mol. The first-order chi connectivity index (χ1) is 28.1. The smallest absolute Gasteiger partial charge is 0.220 e. The number of carbonyl (C=O) groups excluding carboxylic acids is 1. The van der Waals surface area contributed by atoms with Gasteiger partial charge in [-0.3, -0.25) is 4.79 Å². The summed E-state index contributed by atoms with van der Waals surface area (Å²) in [6, 6.07) is -0.809. The molecule has 0 aliphatic rings. The van der Waals surface area contributed by atoms with Gasteiger partial charge in [0.25, 0.3) is 0 Å². The van der Waals surface area contributed by atoms with Crippen LogP contribution in [0.2, 0.25) is 0 Å². The number of hydrogen-bond donors (Lipinski definition) is 4. The summed E-state index contributed by atoms with van der Waals surface area (Å²) in [5, 5.41) is 33.7. The normalized spacial score (nSPS) is 13.4. The predicted octanol–water partition coefficient (Wildman–Crippen LogP) is 15.6. The van der Waals surface area contributed by atoms with Crippen molar-refractivity contribution < 1.29 is 20.1 Å². The summed E-state index contributed by atoms with van der Waals surface area (Å²) in [6.07, 6.45) is 57.7. The van der Waals surface area contributed by atoms with E-state index in [1.807, 2.05) is 0 Å². The van der Waals surface area contributed by atoms with Gasteiger partial charge in [-0.15, -0.1) is 0 Å². The molecule has 3 atom stereocenters. The zero-order valence-electron chi connectivity index (χ0n) is 38.7. The molecule has 1 amide bonds. The van der Waals surface area contributed by atoms with Crippen LogP contribution in [0, 0.1) is 0 Å². The van der Waals surface area contributed by atoms with Gasteiger partial charge in [-0.2, -0.15) is 0 Å². The van der Waals surface area contributed by atoms with Crippen LogP contribution in [0.1, 0.15) is 290 Å². The number of rotatable bonds is 48. The third kappa shape index (κ3) is 43.0. The second-order valence-corrected chi connectivity index (χ2v) is 18.1. The molecular weight excluding hydrogens is 703 g/mol. The molecule has 0 aromatic heterocycles. The Morgan fingerprint density at radius 2 is 0.702 bits per heavy atom. The Labute approximate surface area is 357 Å². The molecule has 0 fully saturated rings. The number of allylic oxidation sites excluding steroid dienone is 2. The molecule has 5 nitrogen and oxygen atoms in total. The molecule has 0 aromatic carbocycles. The van der Waals surface area contributed by atoms with Crippen molar-refractivity contribution in [1.29, 1.82) is 0 Å². The van der Waals surface area contributed by atoms with Gasteiger partial charge in [0.1, 0.15) is 6.10 Å². The highest BCUT2D eigenvalue weighted by atomic mass is 16.3. The van der Waals surface area contributed by atoms with Crippen molar-refractivity contribution >= 4 is 5.91 Å². The Balaban J connectivity index is 3.56.